The minimum atomic E-state index is -0.517. The van der Waals surface area contributed by atoms with Crippen LogP contribution in [0.25, 0.3) is 0 Å². The number of carbonyl (C=O) groups is 3. The molecule has 0 atom stereocenters. The topological polar surface area (TPSA) is 113 Å². The van der Waals surface area contributed by atoms with Gasteiger partial charge in [0.2, 0.25) is 11.8 Å². The van der Waals surface area contributed by atoms with Crippen LogP contribution >= 0.6 is 0 Å². The van der Waals surface area contributed by atoms with E-state index >= 15 is 0 Å². The van der Waals surface area contributed by atoms with Crippen LogP contribution in [0.3, 0.4) is 0 Å². The van der Waals surface area contributed by atoms with E-state index < -0.39 is 24.1 Å². The lowest BCUT2D eigenvalue weighted by Crippen LogP contribution is -2.27. The number of anilines is 3. The summed E-state index contributed by atoms with van der Waals surface area (Å²) in [5, 5.41) is 7.87. The van der Waals surface area contributed by atoms with Crippen molar-refractivity contribution in [3.05, 3.63) is 72.2 Å². The maximum Gasteiger partial charge on any atom is 0.322 e. The van der Waals surface area contributed by atoms with Gasteiger partial charge in [-0.05, 0) is 61.0 Å². The molecule has 0 bridgehead atoms. The second-order valence-electron chi connectivity index (χ2n) is 7.56. The number of carbonyl (C=O) groups excluding carboxylic acids is 3. The van der Waals surface area contributed by atoms with Crippen molar-refractivity contribution in [2.45, 2.75) is 13.3 Å². The van der Waals surface area contributed by atoms with Crippen molar-refractivity contribution in [3.63, 3.8) is 0 Å². The molecule has 1 aromatic heterocycles. The van der Waals surface area contributed by atoms with Gasteiger partial charge in [0.05, 0.1) is 0 Å². The molecule has 1 heterocycles. The van der Waals surface area contributed by atoms with Crippen molar-refractivity contribution in [2.24, 2.45) is 0 Å². The number of nitrogens with one attached hydrogen (secondary N) is 3. The summed E-state index contributed by atoms with van der Waals surface area (Å²) < 4.78 is 18.8. The fraction of sp³-hybridized carbons (Fsp3) is 0.167. The molecule has 0 spiro atoms. The maximum absolute atomic E-state index is 12.9. The van der Waals surface area contributed by atoms with E-state index in [0.717, 1.165) is 5.56 Å². The highest BCUT2D eigenvalue weighted by atomic mass is 19.1. The molecule has 3 N–H and O–H groups in total. The van der Waals surface area contributed by atoms with E-state index in [1.807, 2.05) is 0 Å². The highest BCUT2D eigenvalue weighted by Crippen LogP contribution is 2.27. The molecule has 3 aromatic rings. The van der Waals surface area contributed by atoms with Gasteiger partial charge in [0, 0.05) is 37.7 Å². The fourth-order valence-corrected chi connectivity index (χ4v) is 2.82. The first-order chi connectivity index (χ1) is 16.2. The standard InChI is InChI=1S/C24H24FN5O4/c1-15-12-18(34-19-10-11-26-21(13-19)29-24(33)30(2)3)8-9-20(15)28-23(32)14-22(31)27-17-6-4-16(25)5-7-17/h4-13H,14H2,1-3H3,(H,27,31)(H,28,32)(H,26,29,33). The molecule has 34 heavy (non-hydrogen) atoms. The molecule has 9 nitrogen and oxygen atoms in total. The van der Waals surface area contributed by atoms with E-state index in [0.29, 0.717) is 28.7 Å². The maximum atomic E-state index is 12.9. The van der Waals surface area contributed by atoms with Crippen molar-refractivity contribution < 1.29 is 23.5 Å². The third-order valence-electron chi connectivity index (χ3n) is 4.53. The number of ether oxygens (including phenoxy) is 1. The normalized spacial score (nSPS) is 10.2. The van der Waals surface area contributed by atoms with Crippen LogP contribution in [0.1, 0.15) is 12.0 Å². The third-order valence-corrected chi connectivity index (χ3v) is 4.53. The lowest BCUT2D eigenvalue weighted by atomic mass is 10.2. The van der Waals surface area contributed by atoms with Gasteiger partial charge in [-0.2, -0.15) is 0 Å². The van der Waals surface area contributed by atoms with Crippen molar-refractivity contribution in [2.75, 3.05) is 30.0 Å². The summed E-state index contributed by atoms with van der Waals surface area (Å²) in [4.78, 5) is 41.6. The second kappa shape index (κ2) is 10.9. The van der Waals surface area contributed by atoms with Gasteiger partial charge in [-0.15, -0.1) is 0 Å². The average Bonchev–Trinajstić information content (AvgIpc) is 2.77. The van der Waals surface area contributed by atoms with Crippen LogP contribution in [0, 0.1) is 12.7 Å². The Labute approximate surface area is 195 Å². The minimum Gasteiger partial charge on any atom is -0.457 e. The fourth-order valence-electron chi connectivity index (χ4n) is 2.82. The number of rotatable bonds is 7. The predicted octanol–water partition coefficient (Wildman–Crippen LogP) is 4.38. The lowest BCUT2D eigenvalue weighted by molar-refractivity contribution is -0.123. The number of urea groups is 1. The van der Waals surface area contributed by atoms with Gasteiger partial charge < -0.3 is 20.3 Å². The van der Waals surface area contributed by atoms with E-state index in [1.54, 1.807) is 51.4 Å². The quantitative estimate of drug-likeness (QED) is 0.448. The van der Waals surface area contributed by atoms with Crippen LogP contribution in [0.5, 0.6) is 11.5 Å². The molecule has 0 radical (unpaired) electrons. The first-order valence-electron chi connectivity index (χ1n) is 10.3. The van der Waals surface area contributed by atoms with Crippen molar-refractivity contribution in [1.82, 2.24) is 9.88 Å². The van der Waals surface area contributed by atoms with Crippen molar-refractivity contribution >= 4 is 35.0 Å². The predicted molar refractivity (Wildman–Crippen MR) is 126 cm³/mol. The lowest BCUT2D eigenvalue weighted by Gasteiger charge is -2.13. The zero-order chi connectivity index (χ0) is 24.7. The number of aryl methyl sites for hydroxylation is 1. The van der Waals surface area contributed by atoms with Gasteiger partial charge in [-0.1, -0.05) is 0 Å². The summed E-state index contributed by atoms with van der Waals surface area (Å²) in [7, 11) is 3.24. The van der Waals surface area contributed by atoms with Gasteiger partial charge in [-0.25, -0.2) is 14.2 Å². The van der Waals surface area contributed by atoms with Crippen LogP contribution in [0.4, 0.5) is 26.4 Å². The zero-order valence-electron chi connectivity index (χ0n) is 18.9. The Morgan fingerprint density at radius 3 is 2.26 bits per heavy atom. The molecule has 0 aliphatic rings. The van der Waals surface area contributed by atoms with Crippen molar-refractivity contribution in [3.8, 4) is 11.5 Å². The molecule has 0 fully saturated rings. The van der Waals surface area contributed by atoms with Crippen LogP contribution in [-0.4, -0.2) is 41.8 Å². The van der Waals surface area contributed by atoms with Crippen LogP contribution in [-0.2, 0) is 9.59 Å². The number of aromatic nitrogens is 1. The molecule has 4 amide bonds. The molecular formula is C24H24FN5O4. The number of nitrogens with zero attached hydrogens (tertiary/aromatic N) is 2. The molecule has 0 aliphatic heterocycles. The van der Waals surface area contributed by atoms with E-state index in [4.69, 9.17) is 4.74 Å². The zero-order valence-corrected chi connectivity index (χ0v) is 18.9. The summed E-state index contributed by atoms with van der Waals surface area (Å²) in [6.07, 6.45) is 1.12. The van der Waals surface area contributed by atoms with Gasteiger partial charge in [0.1, 0.15) is 29.6 Å². The minimum absolute atomic E-state index is 0.313. The largest absolute Gasteiger partial charge is 0.457 e. The van der Waals surface area contributed by atoms with Crippen LogP contribution in [0.15, 0.2) is 60.8 Å². The Bertz CT molecular complexity index is 1200. The average molecular weight is 465 g/mol. The van der Waals surface area contributed by atoms with E-state index in [2.05, 4.69) is 20.9 Å². The van der Waals surface area contributed by atoms with E-state index in [-0.39, 0.29) is 6.03 Å². The summed E-state index contributed by atoms with van der Waals surface area (Å²) in [6, 6.07) is 13.2. The molecule has 0 saturated carbocycles. The Morgan fingerprint density at radius 2 is 1.59 bits per heavy atom. The van der Waals surface area contributed by atoms with Crippen LogP contribution in [0.2, 0.25) is 0 Å². The third kappa shape index (κ3) is 7.02. The molecule has 3 rings (SSSR count). The number of benzene rings is 2. The van der Waals surface area contributed by atoms with Crippen LogP contribution < -0.4 is 20.7 Å². The molecule has 10 heteroatoms. The highest BCUT2D eigenvalue weighted by molar-refractivity contribution is 6.08. The highest BCUT2D eigenvalue weighted by Gasteiger charge is 2.12. The van der Waals surface area contributed by atoms with E-state index in [1.165, 1.54) is 35.4 Å². The van der Waals surface area contributed by atoms with Gasteiger partial charge >= 0.3 is 6.03 Å². The number of hydrogen-bond acceptors (Lipinski definition) is 5. The molecular weight excluding hydrogens is 441 g/mol. The Morgan fingerprint density at radius 1 is 0.912 bits per heavy atom. The van der Waals surface area contributed by atoms with Gasteiger partial charge in [0.25, 0.3) is 0 Å². The molecule has 176 valence electrons. The van der Waals surface area contributed by atoms with Gasteiger partial charge in [0.15, 0.2) is 0 Å². The smallest absolute Gasteiger partial charge is 0.322 e. The first-order valence-corrected chi connectivity index (χ1v) is 10.3. The molecule has 0 saturated heterocycles. The SMILES string of the molecule is Cc1cc(Oc2ccnc(NC(=O)N(C)C)c2)ccc1NC(=O)CC(=O)Nc1ccc(F)cc1. The number of hydrogen-bond donors (Lipinski definition) is 3. The molecule has 2 aromatic carbocycles. The summed E-state index contributed by atoms with van der Waals surface area (Å²) in [5.74, 6) is -0.100. The van der Waals surface area contributed by atoms with E-state index in [9.17, 15) is 18.8 Å². The number of pyridine rings is 1. The Kier molecular flexibility index (Phi) is 7.75. The number of amides is 4. The first kappa shape index (κ1) is 24.2. The summed E-state index contributed by atoms with van der Waals surface area (Å²) in [6.45, 7) is 1.79. The Hall–Kier alpha value is -4.47. The second-order valence-corrected chi connectivity index (χ2v) is 7.56. The number of halogens is 1. The summed E-state index contributed by atoms with van der Waals surface area (Å²) >= 11 is 0. The summed E-state index contributed by atoms with van der Waals surface area (Å²) in [5.41, 5.74) is 1.65. The Balaban J connectivity index is 1.57. The van der Waals surface area contributed by atoms with Crippen molar-refractivity contribution in [1.29, 1.82) is 0 Å². The molecule has 0 unspecified atom stereocenters. The monoisotopic (exact) mass is 465 g/mol. The molecule has 0 aliphatic carbocycles. The van der Waals surface area contributed by atoms with Gasteiger partial charge in [-0.3, -0.25) is 14.9 Å².